The molecule has 0 N–H and O–H groups in total. The van der Waals surface area contributed by atoms with E-state index < -0.39 is 0 Å². The van der Waals surface area contributed by atoms with Crippen LogP contribution >= 0.6 is 0 Å². The molecule has 0 radical (unpaired) electrons. The smallest absolute Gasteiger partial charge is 0.0585 e. The lowest BCUT2D eigenvalue weighted by molar-refractivity contribution is 0.271. The van der Waals surface area contributed by atoms with Crippen LogP contribution in [0.3, 0.4) is 0 Å². The molecule has 0 atom stereocenters. The highest BCUT2D eigenvalue weighted by Crippen LogP contribution is 2.32. The van der Waals surface area contributed by atoms with E-state index in [4.69, 9.17) is 4.98 Å². The van der Waals surface area contributed by atoms with Crippen molar-refractivity contribution in [2.45, 2.75) is 61.4 Å². The number of pyridine rings is 1. The molecule has 1 aliphatic rings. The Bertz CT molecular complexity index is 966. The van der Waals surface area contributed by atoms with Gasteiger partial charge in [0, 0.05) is 37.2 Å². The molecule has 30 heavy (non-hydrogen) atoms. The van der Waals surface area contributed by atoms with E-state index in [9.17, 15) is 0 Å². The average molecular weight is 404 g/mol. The van der Waals surface area contributed by atoms with Gasteiger partial charge < -0.3 is 0 Å². The first kappa shape index (κ1) is 23.8. The van der Waals surface area contributed by atoms with Crippen LogP contribution in [0, 0.1) is 20.8 Å². The summed E-state index contributed by atoms with van der Waals surface area (Å²) in [5.74, 6) is 0. The van der Waals surface area contributed by atoms with Crippen LogP contribution in [0.2, 0.25) is 0 Å². The number of hydrogen-bond acceptors (Lipinski definition) is 3. The second-order valence-corrected chi connectivity index (χ2v) is 8.23. The molecule has 0 spiro atoms. The quantitative estimate of drug-likeness (QED) is 0.508. The number of rotatable bonds is 6. The van der Waals surface area contributed by atoms with Crippen molar-refractivity contribution in [2.75, 3.05) is 13.1 Å². The van der Waals surface area contributed by atoms with Crippen LogP contribution in [-0.4, -0.2) is 29.2 Å². The summed E-state index contributed by atoms with van der Waals surface area (Å²) in [6.45, 7) is 17.5. The minimum atomic E-state index is 0. The van der Waals surface area contributed by atoms with Gasteiger partial charge in [-0.25, -0.2) is 0 Å². The summed E-state index contributed by atoms with van der Waals surface area (Å²) in [6, 6.07) is 8.98. The highest BCUT2D eigenvalue weighted by Gasteiger charge is 2.22. The molecule has 0 amide bonds. The molecule has 0 fully saturated rings. The van der Waals surface area contributed by atoms with Crippen molar-refractivity contribution in [3.8, 4) is 11.1 Å². The second kappa shape index (κ2) is 10.5. The Kier molecular flexibility index (Phi) is 8.31. The van der Waals surface area contributed by atoms with Gasteiger partial charge in [0.25, 0.3) is 0 Å². The maximum atomic E-state index is 4.88. The Labute approximate surface area is 183 Å². The number of hydrogen-bond donors (Lipinski definition) is 0. The first-order valence-corrected chi connectivity index (χ1v) is 10.5. The number of nitrogens with zero attached hydrogens (tertiary/aromatic N) is 3. The van der Waals surface area contributed by atoms with Crippen LogP contribution in [0.25, 0.3) is 11.1 Å². The Morgan fingerprint density at radius 3 is 2.67 bits per heavy atom. The highest BCUT2D eigenvalue weighted by molar-refractivity contribution is 5.73. The predicted molar refractivity (Wildman–Crippen MR) is 131 cm³/mol. The number of aryl methyl sites for hydroxylation is 3. The predicted octanol–water partition coefficient (Wildman–Crippen LogP) is 6.61. The van der Waals surface area contributed by atoms with E-state index in [0.717, 1.165) is 43.9 Å². The first-order valence-electron chi connectivity index (χ1n) is 10.5. The normalized spacial score (nSPS) is 14.5. The summed E-state index contributed by atoms with van der Waals surface area (Å²) in [5, 5.41) is 0. The molecule has 1 aliphatic heterocycles. The van der Waals surface area contributed by atoms with Gasteiger partial charge in [-0.1, -0.05) is 50.3 Å². The fraction of sp³-hybridized carbons (Fsp3) is 0.407. The van der Waals surface area contributed by atoms with Gasteiger partial charge in [0.2, 0.25) is 0 Å². The fourth-order valence-corrected chi connectivity index (χ4v) is 3.91. The monoisotopic (exact) mass is 403 g/mol. The summed E-state index contributed by atoms with van der Waals surface area (Å²) in [7, 11) is 0. The van der Waals surface area contributed by atoms with Crippen molar-refractivity contribution < 1.29 is 0 Å². The van der Waals surface area contributed by atoms with Crippen molar-refractivity contribution in [2.24, 2.45) is 4.99 Å². The van der Waals surface area contributed by atoms with Crippen molar-refractivity contribution in [3.05, 3.63) is 76.3 Å². The van der Waals surface area contributed by atoms with E-state index in [-0.39, 0.29) is 7.43 Å². The maximum absolute atomic E-state index is 4.88. The van der Waals surface area contributed by atoms with E-state index in [1.165, 1.54) is 39.1 Å². The fourth-order valence-electron chi connectivity index (χ4n) is 3.91. The van der Waals surface area contributed by atoms with E-state index in [1.54, 1.807) is 0 Å². The third-order valence-corrected chi connectivity index (χ3v) is 5.64. The van der Waals surface area contributed by atoms with Crippen LogP contribution in [0.15, 0.2) is 53.2 Å². The molecule has 3 heteroatoms. The number of aromatic nitrogens is 1. The Morgan fingerprint density at radius 1 is 1.20 bits per heavy atom. The number of benzene rings is 1. The third kappa shape index (κ3) is 5.76. The molecule has 160 valence electrons. The molecule has 3 rings (SSSR count). The Balaban J connectivity index is 0.00000320. The van der Waals surface area contributed by atoms with Gasteiger partial charge in [-0.3, -0.25) is 14.9 Å². The zero-order chi connectivity index (χ0) is 21.0. The molecule has 1 aromatic carbocycles. The topological polar surface area (TPSA) is 28.5 Å². The van der Waals surface area contributed by atoms with Crippen molar-refractivity contribution in [1.82, 2.24) is 9.88 Å². The van der Waals surface area contributed by atoms with Crippen LogP contribution < -0.4 is 0 Å². The van der Waals surface area contributed by atoms with E-state index in [2.05, 4.69) is 81.4 Å². The highest BCUT2D eigenvalue weighted by atomic mass is 15.1. The summed E-state index contributed by atoms with van der Waals surface area (Å²) in [5.41, 5.74) is 11.2. The summed E-state index contributed by atoms with van der Waals surface area (Å²) < 4.78 is 0. The van der Waals surface area contributed by atoms with E-state index >= 15 is 0 Å². The molecule has 0 aliphatic carbocycles. The molecule has 0 bridgehead atoms. The molecule has 2 heterocycles. The number of fused-ring (bicyclic) bond motifs is 1. The zero-order valence-electron chi connectivity index (χ0n) is 18.5. The minimum Gasteiger partial charge on any atom is -0.291 e. The summed E-state index contributed by atoms with van der Waals surface area (Å²) in [6.07, 6.45) is 6.00. The van der Waals surface area contributed by atoms with Gasteiger partial charge in [-0.2, -0.15) is 0 Å². The lowest BCUT2D eigenvalue weighted by Crippen LogP contribution is -2.33. The minimum absolute atomic E-state index is 0. The second-order valence-electron chi connectivity index (χ2n) is 8.23. The summed E-state index contributed by atoms with van der Waals surface area (Å²) >= 11 is 0. The molecule has 0 unspecified atom stereocenters. The van der Waals surface area contributed by atoms with Crippen molar-refractivity contribution in [1.29, 1.82) is 0 Å². The zero-order valence-corrected chi connectivity index (χ0v) is 18.5. The van der Waals surface area contributed by atoms with Crippen molar-refractivity contribution in [3.63, 3.8) is 0 Å². The molecular weight excluding hydrogens is 366 g/mol. The first-order chi connectivity index (χ1) is 13.9. The Hall–Kier alpha value is -2.52. The van der Waals surface area contributed by atoms with Gasteiger partial charge in [-0.15, -0.1) is 0 Å². The SMILES string of the molecule is C.C=C(CN1CCc2c(-c3ccc(C)cc3C)cc(C)nc2C1)N=C/C=C(\C)CC. The molecule has 2 aromatic rings. The molecule has 1 aromatic heterocycles. The summed E-state index contributed by atoms with van der Waals surface area (Å²) in [4.78, 5) is 11.8. The van der Waals surface area contributed by atoms with Crippen LogP contribution in [-0.2, 0) is 13.0 Å². The van der Waals surface area contributed by atoms with Gasteiger partial charge in [0.15, 0.2) is 0 Å². The molecule has 3 nitrogen and oxygen atoms in total. The molecule has 0 saturated heterocycles. The van der Waals surface area contributed by atoms with Crippen LogP contribution in [0.4, 0.5) is 0 Å². The molecule has 0 saturated carbocycles. The van der Waals surface area contributed by atoms with Gasteiger partial charge in [-0.05, 0) is 74.9 Å². The van der Waals surface area contributed by atoms with E-state index in [0.29, 0.717) is 0 Å². The van der Waals surface area contributed by atoms with Gasteiger partial charge >= 0.3 is 0 Å². The number of allylic oxidation sites excluding steroid dienone is 2. The Morgan fingerprint density at radius 2 is 1.97 bits per heavy atom. The largest absolute Gasteiger partial charge is 0.291 e. The maximum Gasteiger partial charge on any atom is 0.0585 e. The van der Waals surface area contributed by atoms with Crippen LogP contribution in [0.5, 0.6) is 0 Å². The lowest BCUT2D eigenvalue weighted by Gasteiger charge is -2.30. The van der Waals surface area contributed by atoms with Crippen molar-refractivity contribution >= 4 is 6.21 Å². The van der Waals surface area contributed by atoms with Gasteiger partial charge in [0.05, 0.1) is 5.69 Å². The number of aliphatic imine (C=N–C) groups is 1. The average Bonchev–Trinajstić information content (AvgIpc) is 2.67. The van der Waals surface area contributed by atoms with Gasteiger partial charge in [0.1, 0.15) is 0 Å². The lowest BCUT2D eigenvalue weighted by atomic mass is 9.90. The standard InChI is InChI=1S/C26H33N3.CH4/c1-7-18(2)10-12-27-22(6)16-29-13-11-24-25(15-21(5)28-26(24)17-29)23-9-8-19(3)14-20(23)4;/h8-10,12,14-15H,6-7,11,13,16-17H2,1-5H3;1H4/b18-10+,27-12?;. The third-order valence-electron chi connectivity index (χ3n) is 5.64. The molecular formula is C27H37N3. The van der Waals surface area contributed by atoms with E-state index in [1.807, 2.05) is 6.21 Å². The van der Waals surface area contributed by atoms with Crippen LogP contribution in [0.1, 0.15) is 55.8 Å².